The molecule has 0 saturated heterocycles. The summed E-state index contributed by atoms with van der Waals surface area (Å²) in [7, 11) is -3.42. The molecule has 0 aliphatic heterocycles. The predicted molar refractivity (Wildman–Crippen MR) is 166 cm³/mol. The second-order valence-electron chi connectivity index (χ2n) is 11.9. The van der Waals surface area contributed by atoms with E-state index in [9.17, 15) is 36.2 Å². The number of aromatic nitrogens is 1. The van der Waals surface area contributed by atoms with Crippen LogP contribution in [0.3, 0.4) is 0 Å². The maximum absolute atomic E-state index is 13.7. The van der Waals surface area contributed by atoms with Crippen molar-refractivity contribution in [3.8, 4) is 11.5 Å². The molecular formula is C31H31ClF4N4O6S. The molecule has 16 heteroatoms. The van der Waals surface area contributed by atoms with Crippen LogP contribution in [0.4, 0.5) is 28.0 Å². The van der Waals surface area contributed by atoms with Gasteiger partial charge >= 0.3 is 12.3 Å². The fraction of sp³-hybridized carbons (Fsp3) is 0.355. The largest absolute Gasteiger partial charge is 0.455 e. The first kappa shape index (κ1) is 35.6. The summed E-state index contributed by atoms with van der Waals surface area (Å²) in [6.07, 6.45) is -3.32. The second-order valence-corrected chi connectivity index (χ2v) is 14.6. The van der Waals surface area contributed by atoms with Crippen molar-refractivity contribution in [1.82, 2.24) is 10.3 Å². The Morgan fingerprint density at radius 2 is 1.72 bits per heavy atom. The molecule has 10 nitrogen and oxygen atoms in total. The number of nitrogens with one attached hydrogen (secondary N) is 2. The van der Waals surface area contributed by atoms with Gasteiger partial charge in [-0.1, -0.05) is 17.7 Å². The SMILES string of the molecule is Cc1nc(F)ccc1Oc1cc(C(F)(F)F)c(Cl)cc1C(=O)Nc1cccc([S@@](C)(=O)=NC(=O)C2(NC(=O)OC(C)(C)C)CCC2)c1. The number of carbonyl (C=O) groups is 3. The van der Waals surface area contributed by atoms with Gasteiger partial charge in [-0.2, -0.15) is 21.9 Å². The average Bonchev–Trinajstić information content (AvgIpc) is 2.91. The molecule has 1 atom stereocenters. The van der Waals surface area contributed by atoms with Crippen LogP contribution in [0.5, 0.6) is 11.5 Å². The Hall–Kier alpha value is -4.24. The third-order valence-electron chi connectivity index (χ3n) is 6.99. The smallest absolute Gasteiger partial charge is 0.417 e. The molecule has 1 heterocycles. The first-order valence-electron chi connectivity index (χ1n) is 14.1. The molecule has 0 unspecified atom stereocenters. The molecule has 1 aliphatic carbocycles. The summed E-state index contributed by atoms with van der Waals surface area (Å²) in [6.45, 7) is 6.37. The van der Waals surface area contributed by atoms with E-state index in [1.807, 2.05) is 0 Å². The summed E-state index contributed by atoms with van der Waals surface area (Å²) in [5.74, 6) is -3.26. The van der Waals surface area contributed by atoms with E-state index in [2.05, 4.69) is 20.0 Å². The van der Waals surface area contributed by atoms with Crippen LogP contribution in [-0.2, 0) is 25.4 Å². The molecule has 1 saturated carbocycles. The van der Waals surface area contributed by atoms with Gasteiger partial charge in [0.15, 0.2) is 0 Å². The van der Waals surface area contributed by atoms with Crippen molar-refractivity contribution in [3.63, 3.8) is 0 Å². The number of halogens is 5. The molecule has 3 aromatic rings. The van der Waals surface area contributed by atoms with E-state index in [4.69, 9.17) is 21.1 Å². The molecule has 0 bridgehead atoms. The van der Waals surface area contributed by atoms with Crippen molar-refractivity contribution in [2.75, 3.05) is 11.6 Å². The number of benzene rings is 2. The van der Waals surface area contributed by atoms with E-state index in [0.29, 0.717) is 12.5 Å². The van der Waals surface area contributed by atoms with Gasteiger partial charge in [-0.15, -0.1) is 0 Å². The number of hydrogen-bond donors (Lipinski definition) is 2. The molecule has 0 spiro atoms. The number of amides is 3. The molecule has 1 aromatic heterocycles. The van der Waals surface area contributed by atoms with Crippen molar-refractivity contribution >= 4 is 44.9 Å². The van der Waals surface area contributed by atoms with Crippen molar-refractivity contribution in [3.05, 3.63) is 76.3 Å². The maximum atomic E-state index is 13.7. The molecule has 47 heavy (non-hydrogen) atoms. The fourth-order valence-electron chi connectivity index (χ4n) is 4.50. The van der Waals surface area contributed by atoms with Gasteiger partial charge in [-0.25, -0.2) is 14.0 Å². The number of aryl methyl sites for hydroxylation is 1. The molecule has 2 N–H and O–H groups in total. The summed E-state index contributed by atoms with van der Waals surface area (Å²) in [4.78, 5) is 42.6. The zero-order chi connectivity index (χ0) is 34.9. The summed E-state index contributed by atoms with van der Waals surface area (Å²) in [6, 6.07) is 8.94. The number of alkyl carbamates (subject to hydrolysis) is 1. The quantitative estimate of drug-likeness (QED) is 0.191. The molecule has 1 fully saturated rings. The number of pyridine rings is 1. The number of hydrogen-bond acceptors (Lipinski definition) is 7. The van der Waals surface area contributed by atoms with E-state index in [0.717, 1.165) is 18.2 Å². The Labute approximate surface area is 273 Å². The van der Waals surface area contributed by atoms with Crippen molar-refractivity contribution in [2.24, 2.45) is 4.36 Å². The third-order valence-corrected chi connectivity index (χ3v) is 8.94. The number of alkyl halides is 3. The standard InChI is InChI=1S/C31H31ClF4N4O6S/c1-17-23(10-11-25(33)37-17)45-24-16-21(31(34,35)36)22(32)15-20(24)26(41)38-18-8-6-9-19(14-18)47(5,44)40-27(42)30(12-7-13-30)39-28(43)46-29(2,3)4/h6,8-11,14-16H,7,12-13H2,1-5H3,(H,38,41)(H,39,43)/t47-/m1/s1. The van der Waals surface area contributed by atoms with E-state index in [-0.39, 0.29) is 34.9 Å². The van der Waals surface area contributed by atoms with Gasteiger partial charge in [0.25, 0.3) is 11.8 Å². The molecule has 2 aromatic carbocycles. The normalized spacial score (nSPS) is 15.4. The monoisotopic (exact) mass is 698 g/mol. The third kappa shape index (κ3) is 8.57. The minimum atomic E-state index is -4.89. The van der Waals surface area contributed by atoms with E-state index >= 15 is 0 Å². The van der Waals surface area contributed by atoms with Gasteiger partial charge in [0.2, 0.25) is 5.95 Å². The number of ether oxygens (including phenoxy) is 2. The molecular weight excluding hydrogens is 668 g/mol. The Morgan fingerprint density at radius 1 is 1.04 bits per heavy atom. The highest BCUT2D eigenvalue weighted by Crippen LogP contribution is 2.40. The molecule has 1 aliphatic rings. The van der Waals surface area contributed by atoms with Gasteiger partial charge in [0.05, 0.1) is 31.6 Å². The Morgan fingerprint density at radius 3 is 2.30 bits per heavy atom. The number of anilines is 1. The van der Waals surface area contributed by atoms with E-state index in [1.54, 1.807) is 20.8 Å². The zero-order valence-corrected chi connectivity index (χ0v) is 27.5. The number of rotatable bonds is 7. The highest BCUT2D eigenvalue weighted by Gasteiger charge is 2.47. The van der Waals surface area contributed by atoms with Gasteiger partial charge in [0.1, 0.15) is 22.6 Å². The summed E-state index contributed by atoms with van der Waals surface area (Å²) >= 11 is 5.90. The zero-order valence-electron chi connectivity index (χ0n) is 25.9. The maximum Gasteiger partial charge on any atom is 0.417 e. The summed E-state index contributed by atoms with van der Waals surface area (Å²) in [5, 5.41) is 4.28. The van der Waals surface area contributed by atoms with E-state index in [1.165, 1.54) is 37.4 Å². The minimum Gasteiger partial charge on any atom is -0.455 e. The molecule has 4 rings (SSSR count). The van der Waals surface area contributed by atoms with Gasteiger partial charge in [0, 0.05) is 16.8 Å². The average molecular weight is 699 g/mol. The fourth-order valence-corrected chi connectivity index (χ4v) is 6.05. The minimum absolute atomic E-state index is 0.00791. The van der Waals surface area contributed by atoms with Crippen molar-refractivity contribution in [2.45, 2.75) is 69.2 Å². The van der Waals surface area contributed by atoms with Crippen LogP contribution in [0, 0.1) is 12.9 Å². The Bertz CT molecular complexity index is 1870. The Kier molecular flexibility index (Phi) is 9.93. The van der Waals surface area contributed by atoms with Crippen LogP contribution in [0.2, 0.25) is 5.02 Å². The van der Waals surface area contributed by atoms with Gasteiger partial charge in [-0.3, -0.25) is 9.59 Å². The van der Waals surface area contributed by atoms with Crippen LogP contribution in [-0.4, -0.2) is 44.5 Å². The van der Waals surface area contributed by atoms with Crippen LogP contribution >= 0.6 is 11.6 Å². The highest BCUT2D eigenvalue weighted by atomic mass is 35.5. The van der Waals surface area contributed by atoms with E-state index < -0.39 is 72.8 Å². The van der Waals surface area contributed by atoms with Crippen LogP contribution in [0.15, 0.2) is 57.8 Å². The molecule has 252 valence electrons. The molecule has 0 radical (unpaired) electrons. The Balaban J connectivity index is 1.63. The highest BCUT2D eigenvalue weighted by molar-refractivity contribution is 7.93. The van der Waals surface area contributed by atoms with Crippen molar-refractivity contribution < 1.29 is 45.6 Å². The predicted octanol–water partition coefficient (Wildman–Crippen LogP) is 7.68. The van der Waals surface area contributed by atoms with Gasteiger partial charge < -0.3 is 20.1 Å². The molecule has 3 amide bonds. The number of nitrogens with zero attached hydrogens (tertiary/aromatic N) is 2. The van der Waals surface area contributed by atoms with Crippen molar-refractivity contribution in [1.29, 1.82) is 0 Å². The lowest BCUT2D eigenvalue weighted by atomic mass is 9.76. The lowest BCUT2D eigenvalue weighted by molar-refractivity contribution is -0.137. The first-order chi connectivity index (χ1) is 21.7. The van der Waals surface area contributed by atoms with Crippen LogP contribution in [0.25, 0.3) is 0 Å². The topological polar surface area (TPSA) is 136 Å². The van der Waals surface area contributed by atoms with Crippen LogP contribution in [0.1, 0.15) is 61.6 Å². The number of carbonyl (C=O) groups excluding carboxylic acids is 3. The lowest BCUT2D eigenvalue weighted by Gasteiger charge is -2.39. The second kappa shape index (κ2) is 13.1. The summed E-state index contributed by atoms with van der Waals surface area (Å²) in [5.41, 5.74) is -3.81. The van der Waals surface area contributed by atoms with Crippen LogP contribution < -0.4 is 15.4 Å². The lowest BCUT2D eigenvalue weighted by Crippen LogP contribution is -2.59. The van der Waals surface area contributed by atoms with Gasteiger partial charge in [-0.05, 0) is 89.4 Å². The summed E-state index contributed by atoms with van der Waals surface area (Å²) < 4.78 is 83.0. The first-order valence-corrected chi connectivity index (χ1v) is 16.4.